The fourth-order valence-electron chi connectivity index (χ4n) is 4.17. The molecule has 1 aliphatic heterocycles. The van der Waals surface area contributed by atoms with Crippen LogP contribution < -0.4 is 20.1 Å². The molecule has 1 saturated heterocycles. The summed E-state index contributed by atoms with van der Waals surface area (Å²) in [5.74, 6) is 2.10. The third-order valence-electron chi connectivity index (χ3n) is 5.63. The molecule has 5 nitrogen and oxygen atoms in total. The fraction of sp³-hybridized carbons (Fsp3) is 0.550. The molecule has 1 unspecified atom stereocenters. The number of fused-ring (bicyclic) bond motifs is 2. The molecule has 0 spiro atoms. The van der Waals surface area contributed by atoms with Gasteiger partial charge < -0.3 is 20.1 Å². The van der Waals surface area contributed by atoms with Crippen LogP contribution in [0.5, 0.6) is 11.5 Å². The Hall–Kier alpha value is -2.01. The maximum Gasteiger partial charge on any atom is 0.162 e. The van der Waals surface area contributed by atoms with Gasteiger partial charge in [-0.15, -0.1) is 0 Å². The first-order valence-corrected chi connectivity index (χ1v) is 9.26. The summed E-state index contributed by atoms with van der Waals surface area (Å²) in [5, 5.41) is 8.51. The van der Waals surface area contributed by atoms with Crippen molar-refractivity contribution < 1.29 is 9.47 Å². The number of aromatic nitrogens is 1. The first-order valence-electron chi connectivity index (χ1n) is 9.26. The summed E-state index contributed by atoms with van der Waals surface area (Å²) in [5.41, 5.74) is 4.88. The summed E-state index contributed by atoms with van der Waals surface area (Å²) in [4.78, 5) is 4.92. The second-order valence-corrected chi connectivity index (χ2v) is 7.21. The molecule has 2 aliphatic rings. The number of aryl methyl sites for hydroxylation is 1. The fourth-order valence-corrected chi connectivity index (χ4v) is 4.17. The maximum atomic E-state index is 5.54. The Kier molecular flexibility index (Phi) is 4.42. The van der Waals surface area contributed by atoms with Gasteiger partial charge in [-0.1, -0.05) is 6.92 Å². The van der Waals surface area contributed by atoms with Gasteiger partial charge in [0.1, 0.15) is 0 Å². The van der Waals surface area contributed by atoms with E-state index in [2.05, 4.69) is 23.6 Å². The van der Waals surface area contributed by atoms with E-state index < -0.39 is 0 Å². The smallest absolute Gasteiger partial charge is 0.162 e. The average Bonchev–Trinajstić information content (AvgIpc) is 3.10. The van der Waals surface area contributed by atoms with Gasteiger partial charge in [0, 0.05) is 28.9 Å². The number of nitrogens with zero attached hydrogens (tertiary/aromatic N) is 1. The summed E-state index contributed by atoms with van der Waals surface area (Å²) >= 11 is 0. The van der Waals surface area contributed by atoms with Crippen LogP contribution in [0.4, 0.5) is 5.69 Å². The number of nitrogens with one attached hydrogen (secondary N) is 2. The highest BCUT2D eigenvalue weighted by molar-refractivity contribution is 5.96. The van der Waals surface area contributed by atoms with Crippen molar-refractivity contribution in [3.05, 3.63) is 23.4 Å². The van der Waals surface area contributed by atoms with E-state index in [1.54, 1.807) is 14.2 Å². The number of ether oxygens (including phenoxy) is 2. The molecule has 0 bridgehead atoms. The zero-order valence-corrected chi connectivity index (χ0v) is 15.3. The normalized spacial score (nSPS) is 22.7. The predicted molar refractivity (Wildman–Crippen MR) is 101 cm³/mol. The quantitative estimate of drug-likeness (QED) is 0.895. The van der Waals surface area contributed by atoms with Crippen LogP contribution in [0.2, 0.25) is 0 Å². The van der Waals surface area contributed by atoms with Crippen LogP contribution in [-0.2, 0) is 12.8 Å². The van der Waals surface area contributed by atoms with E-state index in [1.807, 2.05) is 6.07 Å². The van der Waals surface area contributed by atoms with Crippen LogP contribution in [0.25, 0.3) is 10.9 Å². The second kappa shape index (κ2) is 6.71. The topological polar surface area (TPSA) is 55.4 Å². The van der Waals surface area contributed by atoms with Crippen LogP contribution in [0.15, 0.2) is 12.1 Å². The molecule has 25 heavy (non-hydrogen) atoms. The van der Waals surface area contributed by atoms with Crippen LogP contribution in [0.1, 0.15) is 31.0 Å². The molecule has 0 amide bonds. The minimum absolute atomic E-state index is 0.490. The van der Waals surface area contributed by atoms with Crippen LogP contribution in [0, 0.1) is 5.92 Å². The summed E-state index contributed by atoms with van der Waals surface area (Å²) < 4.78 is 11.0. The van der Waals surface area contributed by atoms with Crippen molar-refractivity contribution in [3.8, 4) is 11.5 Å². The number of rotatable bonds is 4. The molecule has 0 radical (unpaired) electrons. The standard InChI is InChI=1S/C20H27N3O2/c1-12-11-21-8-7-15(12)23-20-13-5-4-6-16(13)22-17-10-19(25-3)18(24-2)9-14(17)20/h9-10,12,15,21H,4-8,11H2,1-3H3,(H,22,23)/t12?,15-/m0/s1. The lowest BCUT2D eigenvalue weighted by Crippen LogP contribution is -2.42. The third kappa shape index (κ3) is 2.91. The Labute approximate surface area is 149 Å². The summed E-state index contributed by atoms with van der Waals surface area (Å²) in [6.45, 7) is 4.46. The van der Waals surface area contributed by atoms with Crippen molar-refractivity contribution in [2.75, 3.05) is 32.6 Å². The molecular weight excluding hydrogens is 314 g/mol. The minimum atomic E-state index is 0.490. The molecule has 0 saturated carbocycles. The average molecular weight is 341 g/mol. The van der Waals surface area contributed by atoms with E-state index in [0.29, 0.717) is 12.0 Å². The summed E-state index contributed by atoms with van der Waals surface area (Å²) in [6.07, 6.45) is 4.50. The van der Waals surface area contributed by atoms with E-state index in [0.717, 1.165) is 54.8 Å². The molecule has 2 N–H and O–H groups in total. The van der Waals surface area contributed by atoms with Gasteiger partial charge >= 0.3 is 0 Å². The molecule has 134 valence electrons. The molecule has 4 rings (SSSR count). The molecular formula is C20H27N3O2. The Morgan fingerprint density at radius 3 is 2.72 bits per heavy atom. The number of piperidine rings is 1. The molecule has 1 fully saturated rings. The first kappa shape index (κ1) is 16.5. The van der Waals surface area contributed by atoms with Gasteiger partial charge in [0.2, 0.25) is 0 Å². The molecule has 1 aromatic carbocycles. The van der Waals surface area contributed by atoms with Gasteiger partial charge in [0.05, 0.1) is 19.7 Å². The second-order valence-electron chi connectivity index (χ2n) is 7.21. The molecule has 2 aromatic rings. The van der Waals surface area contributed by atoms with E-state index in [4.69, 9.17) is 14.5 Å². The largest absolute Gasteiger partial charge is 0.493 e. The van der Waals surface area contributed by atoms with E-state index in [9.17, 15) is 0 Å². The third-order valence-corrected chi connectivity index (χ3v) is 5.63. The van der Waals surface area contributed by atoms with E-state index >= 15 is 0 Å². The number of hydrogen-bond acceptors (Lipinski definition) is 5. The maximum absolute atomic E-state index is 5.54. The van der Waals surface area contributed by atoms with Crippen molar-refractivity contribution in [2.45, 2.75) is 38.6 Å². The van der Waals surface area contributed by atoms with Crippen molar-refractivity contribution in [3.63, 3.8) is 0 Å². The number of pyridine rings is 1. The Morgan fingerprint density at radius 1 is 1.16 bits per heavy atom. The van der Waals surface area contributed by atoms with Gasteiger partial charge in [0.25, 0.3) is 0 Å². The van der Waals surface area contributed by atoms with Gasteiger partial charge in [-0.05, 0) is 56.3 Å². The SMILES string of the molecule is COc1cc2nc3c(c(N[C@H]4CCNCC4C)c2cc1OC)CCC3. The molecule has 1 aromatic heterocycles. The first-order chi connectivity index (χ1) is 12.2. The highest BCUT2D eigenvalue weighted by Gasteiger charge is 2.26. The number of hydrogen-bond donors (Lipinski definition) is 2. The van der Waals surface area contributed by atoms with E-state index in [-0.39, 0.29) is 0 Å². The van der Waals surface area contributed by atoms with Gasteiger partial charge in [-0.2, -0.15) is 0 Å². The number of benzene rings is 1. The van der Waals surface area contributed by atoms with Gasteiger partial charge in [-0.3, -0.25) is 4.98 Å². The lowest BCUT2D eigenvalue weighted by atomic mass is 9.94. The van der Waals surface area contributed by atoms with Crippen molar-refractivity contribution in [2.24, 2.45) is 5.92 Å². The zero-order chi connectivity index (χ0) is 17.4. The van der Waals surface area contributed by atoms with Crippen LogP contribution >= 0.6 is 0 Å². The lowest BCUT2D eigenvalue weighted by molar-refractivity contribution is 0.355. The number of methoxy groups -OCH3 is 2. The summed E-state index contributed by atoms with van der Waals surface area (Å²) in [6, 6.07) is 4.57. The molecule has 2 atom stereocenters. The molecule has 1 aliphatic carbocycles. The van der Waals surface area contributed by atoms with Crippen LogP contribution in [0.3, 0.4) is 0 Å². The highest BCUT2D eigenvalue weighted by Crippen LogP contribution is 2.40. The number of anilines is 1. The molecule has 2 heterocycles. The Balaban J connectivity index is 1.85. The van der Waals surface area contributed by atoms with Gasteiger partial charge in [-0.25, -0.2) is 0 Å². The van der Waals surface area contributed by atoms with E-state index in [1.165, 1.54) is 23.4 Å². The Morgan fingerprint density at radius 2 is 1.96 bits per heavy atom. The highest BCUT2D eigenvalue weighted by atomic mass is 16.5. The monoisotopic (exact) mass is 341 g/mol. The van der Waals surface area contributed by atoms with Crippen molar-refractivity contribution in [1.82, 2.24) is 10.3 Å². The minimum Gasteiger partial charge on any atom is -0.493 e. The Bertz CT molecular complexity index is 790. The lowest BCUT2D eigenvalue weighted by Gasteiger charge is -2.32. The van der Waals surface area contributed by atoms with Gasteiger partial charge in [0.15, 0.2) is 11.5 Å². The summed E-state index contributed by atoms with van der Waals surface area (Å²) in [7, 11) is 3.36. The molecule has 5 heteroatoms. The van der Waals surface area contributed by atoms with Crippen molar-refractivity contribution >= 4 is 16.6 Å². The zero-order valence-electron chi connectivity index (χ0n) is 15.3. The van der Waals surface area contributed by atoms with Crippen molar-refractivity contribution in [1.29, 1.82) is 0 Å². The predicted octanol–water partition coefficient (Wildman–Crippen LogP) is 3.15. The van der Waals surface area contributed by atoms with Crippen LogP contribution in [-0.4, -0.2) is 38.3 Å².